The molecule has 4 rings (SSSR count). The lowest BCUT2D eigenvalue weighted by atomic mass is 9.98. The van der Waals surface area contributed by atoms with Crippen LogP contribution in [0.15, 0.2) is 70.6 Å². The molecule has 1 atom stereocenters. The molecule has 2 aliphatic heterocycles. The van der Waals surface area contributed by atoms with E-state index >= 15 is 0 Å². The maximum atomic E-state index is 12.8. The summed E-state index contributed by atoms with van der Waals surface area (Å²) >= 11 is 0. The predicted molar refractivity (Wildman–Crippen MR) is 140 cm³/mol. The lowest BCUT2D eigenvalue weighted by Crippen LogP contribution is -2.45. The van der Waals surface area contributed by atoms with Crippen molar-refractivity contribution in [3.05, 3.63) is 66.2 Å². The lowest BCUT2D eigenvalue weighted by molar-refractivity contribution is 0.272. The van der Waals surface area contributed by atoms with E-state index in [4.69, 9.17) is 0 Å². The minimum Gasteiger partial charge on any atom is -0.356 e. The smallest absolute Gasteiger partial charge is 0.243 e. The molecule has 0 aromatic heterocycles. The number of halogens is 1. The molecule has 1 N–H and O–H groups in total. The normalized spacial score (nSPS) is 20.7. The van der Waals surface area contributed by atoms with E-state index in [1.165, 1.54) is 5.56 Å². The predicted octanol–water partition coefficient (Wildman–Crippen LogP) is 3.77. The molecule has 2 fully saturated rings. The second-order valence-corrected chi connectivity index (χ2v) is 10.4. The molecule has 2 aromatic carbocycles. The molecular formula is C24H33IN4O2S. The number of likely N-dealkylation sites (tertiary alicyclic amines) is 1. The molecule has 32 heavy (non-hydrogen) atoms. The standard InChI is InChI=1S/C24H32N4O2S.HI/c1-25-24(27-15-14-22(19-27)21-8-4-2-5-9-21)26-18-20-12-16-28(17-13-20)31(29,30)23-10-6-3-7-11-23;/h2-11,20,22H,12-19H2,1H3,(H,25,26);1H. The Balaban J connectivity index is 0.00000289. The van der Waals surface area contributed by atoms with Gasteiger partial charge in [-0.2, -0.15) is 4.31 Å². The first-order valence-electron chi connectivity index (χ1n) is 11.1. The average molecular weight is 569 g/mol. The van der Waals surface area contributed by atoms with Crippen LogP contribution in [0.1, 0.15) is 30.7 Å². The largest absolute Gasteiger partial charge is 0.356 e. The third kappa shape index (κ3) is 5.82. The van der Waals surface area contributed by atoms with Crippen LogP contribution < -0.4 is 5.32 Å². The van der Waals surface area contributed by atoms with E-state index in [1.807, 2.05) is 13.1 Å². The maximum Gasteiger partial charge on any atom is 0.243 e. The molecule has 1 unspecified atom stereocenters. The van der Waals surface area contributed by atoms with E-state index in [0.717, 1.165) is 44.9 Å². The number of guanidine groups is 1. The quantitative estimate of drug-likeness (QED) is 0.339. The topological polar surface area (TPSA) is 65.0 Å². The molecular weight excluding hydrogens is 535 g/mol. The van der Waals surface area contributed by atoms with Crippen molar-refractivity contribution in [3.63, 3.8) is 0 Å². The van der Waals surface area contributed by atoms with E-state index in [2.05, 4.69) is 45.5 Å². The molecule has 0 saturated carbocycles. The van der Waals surface area contributed by atoms with E-state index in [1.54, 1.807) is 28.6 Å². The summed E-state index contributed by atoms with van der Waals surface area (Å²) in [6, 6.07) is 19.4. The number of sulfonamides is 1. The Morgan fingerprint density at radius 2 is 1.59 bits per heavy atom. The first-order chi connectivity index (χ1) is 15.1. The summed E-state index contributed by atoms with van der Waals surface area (Å²) in [6.45, 7) is 3.97. The Bertz CT molecular complexity index is 978. The van der Waals surface area contributed by atoms with Crippen LogP contribution in [0.25, 0.3) is 0 Å². The van der Waals surface area contributed by atoms with Gasteiger partial charge in [-0.25, -0.2) is 8.42 Å². The van der Waals surface area contributed by atoms with E-state index in [0.29, 0.717) is 29.8 Å². The van der Waals surface area contributed by atoms with Gasteiger partial charge >= 0.3 is 0 Å². The Morgan fingerprint density at radius 3 is 2.22 bits per heavy atom. The van der Waals surface area contributed by atoms with Crippen molar-refractivity contribution < 1.29 is 8.42 Å². The van der Waals surface area contributed by atoms with Crippen LogP contribution in [0.5, 0.6) is 0 Å². The fourth-order valence-corrected chi connectivity index (χ4v) is 6.10. The van der Waals surface area contributed by atoms with Gasteiger partial charge in [-0.15, -0.1) is 24.0 Å². The number of aliphatic imine (C=N–C) groups is 1. The van der Waals surface area contributed by atoms with Crippen molar-refractivity contribution in [1.29, 1.82) is 0 Å². The number of nitrogens with one attached hydrogen (secondary N) is 1. The number of hydrogen-bond acceptors (Lipinski definition) is 3. The van der Waals surface area contributed by atoms with Crippen molar-refractivity contribution in [2.45, 2.75) is 30.1 Å². The number of rotatable bonds is 5. The fourth-order valence-electron chi connectivity index (χ4n) is 4.61. The Morgan fingerprint density at radius 1 is 0.969 bits per heavy atom. The van der Waals surface area contributed by atoms with Gasteiger partial charge in [0.15, 0.2) is 5.96 Å². The molecule has 0 aliphatic carbocycles. The molecule has 2 heterocycles. The summed E-state index contributed by atoms with van der Waals surface area (Å²) < 4.78 is 27.2. The van der Waals surface area contributed by atoms with Crippen LogP contribution in [-0.2, 0) is 10.0 Å². The maximum absolute atomic E-state index is 12.8. The zero-order chi connectivity index (χ0) is 21.7. The summed E-state index contributed by atoms with van der Waals surface area (Å²) in [7, 11) is -1.55. The highest BCUT2D eigenvalue weighted by Crippen LogP contribution is 2.27. The summed E-state index contributed by atoms with van der Waals surface area (Å²) in [5, 5.41) is 3.55. The minimum absolute atomic E-state index is 0. The molecule has 2 saturated heterocycles. The van der Waals surface area contributed by atoms with Gasteiger partial charge in [0.1, 0.15) is 0 Å². The zero-order valence-corrected chi connectivity index (χ0v) is 21.7. The van der Waals surface area contributed by atoms with Crippen molar-refractivity contribution in [2.75, 3.05) is 39.8 Å². The summed E-state index contributed by atoms with van der Waals surface area (Å²) in [5.74, 6) is 1.95. The first-order valence-corrected chi connectivity index (χ1v) is 12.6. The van der Waals surface area contributed by atoms with Gasteiger partial charge < -0.3 is 10.2 Å². The molecule has 2 aliphatic rings. The van der Waals surface area contributed by atoms with Gasteiger partial charge in [-0.3, -0.25) is 4.99 Å². The zero-order valence-electron chi connectivity index (χ0n) is 18.6. The number of nitrogens with zero attached hydrogens (tertiary/aromatic N) is 3. The molecule has 6 nitrogen and oxygen atoms in total. The second kappa shape index (κ2) is 11.5. The molecule has 0 radical (unpaired) electrons. The third-order valence-corrected chi connectivity index (χ3v) is 8.39. The third-order valence-electron chi connectivity index (χ3n) is 6.47. The van der Waals surface area contributed by atoms with Gasteiger partial charge in [-0.05, 0) is 42.9 Å². The molecule has 8 heteroatoms. The van der Waals surface area contributed by atoms with Gasteiger partial charge in [0.2, 0.25) is 10.0 Å². The highest BCUT2D eigenvalue weighted by atomic mass is 127. The van der Waals surface area contributed by atoms with E-state index < -0.39 is 10.0 Å². The number of piperidine rings is 1. The Kier molecular flexibility index (Phi) is 8.95. The van der Waals surface area contributed by atoms with E-state index in [-0.39, 0.29) is 24.0 Å². The minimum atomic E-state index is -3.39. The van der Waals surface area contributed by atoms with Crippen LogP contribution in [0.3, 0.4) is 0 Å². The molecule has 0 spiro atoms. The molecule has 174 valence electrons. The van der Waals surface area contributed by atoms with Crippen LogP contribution in [0.4, 0.5) is 0 Å². The summed E-state index contributed by atoms with van der Waals surface area (Å²) in [4.78, 5) is 7.22. The van der Waals surface area contributed by atoms with Crippen molar-refractivity contribution in [2.24, 2.45) is 10.9 Å². The van der Waals surface area contributed by atoms with Crippen molar-refractivity contribution in [3.8, 4) is 0 Å². The lowest BCUT2D eigenvalue weighted by Gasteiger charge is -2.32. The fraction of sp³-hybridized carbons (Fsp3) is 0.458. The summed E-state index contributed by atoms with van der Waals surface area (Å²) in [6.07, 6.45) is 2.87. The number of benzene rings is 2. The summed E-state index contributed by atoms with van der Waals surface area (Å²) in [5.41, 5.74) is 1.40. The highest BCUT2D eigenvalue weighted by Gasteiger charge is 2.30. The monoisotopic (exact) mass is 568 g/mol. The van der Waals surface area contributed by atoms with Crippen molar-refractivity contribution >= 4 is 40.0 Å². The van der Waals surface area contributed by atoms with Gasteiger partial charge in [0.25, 0.3) is 0 Å². The van der Waals surface area contributed by atoms with Crippen LogP contribution >= 0.6 is 24.0 Å². The van der Waals surface area contributed by atoms with Crippen LogP contribution in [0.2, 0.25) is 0 Å². The number of hydrogen-bond donors (Lipinski definition) is 1. The molecule has 0 amide bonds. The van der Waals surface area contributed by atoms with Crippen molar-refractivity contribution in [1.82, 2.24) is 14.5 Å². The Labute approximate surface area is 209 Å². The average Bonchev–Trinajstić information content (AvgIpc) is 3.31. The molecule has 2 aromatic rings. The van der Waals surface area contributed by atoms with Gasteiger partial charge in [0.05, 0.1) is 4.90 Å². The first kappa shape index (κ1) is 25.0. The van der Waals surface area contributed by atoms with E-state index in [9.17, 15) is 8.42 Å². The van der Waals surface area contributed by atoms with Gasteiger partial charge in [0, 0.05) is 45.7 Å². The second-order valence-electron chi connectivity index (χ2n) is 8.43. The Hall–Kier alpha value is -1.65. The van der Waals surface area contributed by atoms with Crippen LogP contribution in [-0.4, -0.2) is 63.4 Å². The van der Waals surface area contributed by atoms with Gasteiger partial charge in [-0.1, -0.05) is 48.5 Å². The molecule has 0 bridgehead atoms. The SMILES string of the molecule is CN=C(NCC1CCN(S(=O)(=O)c2ccccc2)CC1)N1CCC(c2ccccc2)C1.I. The van der Waals surface area contributed by atoms with Crippen LogP contribution in [0, 0.1) is 5.92 Å². The highest BCUT2D eigenvalue weighted by molar-refractivity contribution is 14.0.